The van der Waals surface area contributed by atoms with Crippen LogP contribution in [-0.4, -0.2) is 43.4 Å². The van der Waals surface area contributed by atoms with Gasteiger partial charge in [0, 0.05) is 37.6 Å². The Morgan fingerprint density at radius 2 is 1.76 bits per heavy atom. The van der Waals surface area contributed by atoms with Crippen LogP contribution in [-0.2, 0) is 4.79 Å². The standard InChI is InChI=1S/C18H17ClFN3O2/c19-15-2-1-3-16(20)17(15)18(25)21-13-4-6-14(7-5-13)23-10-8-22(12-24)9-11-23/h1-7,12H,8-11H2,(H,21,25). The number of nitrogens with zero attached hydrogens (tertiary/aromatic N) is 2. The Hall–Kier alpha value is -2.60. The zero-order valence-corrected chi connectivity index (χ0v) is 14.2. The van der Waals surface area contributed by atoms with Crippen LogP contribution in [0.2, 0.25) is 5.02 Å². The number of rotatable bonds is 4. The second kappa shape index (κ2) is 7.53. The molecule has 7 heteroatoms. The first-order chi connectivity index (χ1) is 12.1. The lowest BCUT2D eigenvalue weighted by Crippen LogP contribution is -2.45. The number of carbonyl (C=O) groups is 2. The Morgan fingerprint density at radius 1 is 1.08 bits per heavy atom. The molecule has 0 aromatic heterocycles. The molecule has 0 radical (unpaired) electrons. The van der Waals surface area contributed by atoms with E-state index in [1.54, 1.807) is 17.0 Å². The second-order valence-electron chi connectivity index (χ2n) is 5.73. The fourth-order valence-corrected chi connectivity index (χ4v) is 3.00. The highest BCUT2D eigenvalue weighted by Gasteiger charge is 2.17. The summed E-state index contributed by atoms with van der Waals surface area (Å²) in [5, 5.41) is 2.72. The Balaban J connectivity index is 1.67. The SMILES string of the molecule is O=CN1CCN(c2ccc(NC(=O)c3c(F)cccc3Cl)cc2)CC1. The molecule has 1 saturated heterocycles. The molecule has 1 N–H and O–H groups in total. The molecule has 2 amide bonds. The van der Waals surface area contributed by atoms with E-state index in [9.17, 15) is 14.0 Å². The number of nitrogens with one attached hydrogen (secondary N) is 1. The number of hydrogen-bond acceptors (Lipinski definition) is 3. The van der Waals surface area contributed by atoms with Crippen LogP contribution in [0, 0.1) is 5.82 Å². The average Bonchev–Trinajstić information content (AvgIpc) is 2.62. The Labute approximate surface area is 150 Å². The summed E-state index contributed by atoms with van der Waals surface area (Å²) in [7, 11) is 0. The van der Waals surface area contributed by atoms with Crippen LogP contribution in [0.1, 0.15) is 10.4 Å². The molecule has 1 fully saturated rings. The van der Waals surface area contributed by atoms with Crippen molar-refractivity contribution in [1.29, 1.82) is 0 Å². The monoisotopic (exact) mass is 361 g/mol. The predicted octanol–water partition coefficient (Wildman–Crippen LogP) is 3.01. The number of halogens is 2. The Bertz CT molecular complexity index is 754. The van der Waals surface area contributed by atoms with Gasteiger partial charge in [0.15, 0.2) is 0 Å². The third kappa shape index (κ3) is 3.91. The van der Waals surface area contributed by atoms with Crippen molar-refractivity contribution in [1.82, 2.24) is 4.90 Å². The van der Waals surface area contributed by atoms with Crippen molar-refractivity contribution in [3.8, 4) is 0 Å². The van der Waals surface area contributed by atoms with Crippen molar-refractivity contribution in [2.45, 2.75) is 0 Å². The van der Waals surface area contributed by atoms with Gasteiger partial charge in [-0.15, -0.1) is 0 Å². The Kier molecular flexibility index (Phi) is 5.19. The minimum Gasteiger partial charge on any atom is -0.368 e. The van der Waals surface area contributed by atoms with Crippen molar-refractivity contribution in [2.75, 3.05) is 36.4 Å². The molecular formula is C18H17ClFN3O2. The fourth-order valence-electron chi connectivity index (χ4n) is 2.75. The van der Waals surface area contributed by atoms with Crippen LogP contribution >= 0.6 is 11.6 Å². The van der Waals surface area contributed by atoms with Crippen LogP contribution in [0.5, 0.6) is 0 Å². The molecule has 5 nitrogen and oxygen atoms in total. The molecule has 0 bridgehead atoms. The van der Waals surface area contributed by atoms with Crippen molar-refractivity contribution in [3.63, 3.8) is 0 Å². The van der Waals surface area contributed by atoms with Gasteiger partial charge in [0.25, 0.3) is 5.91 Å². The van der Waals surface area contributed by atoms with Crippen molar-refractivity contribution in [3.05, 3.63) is 58.9 Å². The number of carbonyl (C=O) groups excluding carboxylic acids is 2. The highest BCUT2D eigenvalue weighted by Crippen LogP contribution is 2.22. The van der Waals surface area contributed by atoms with Gasteiger partial charge in [-0.1, -0.05) is 17.7 Å². The van der Waals surface area contributed by atoms with E-state index >= 15 is 0 Å². The van der Waals surface area contributed by atoms with Crippen LogP contribution in [0.3, 0.4) is 0 Å². The molecule has 2 aromatic rings. The summed E-state index contributed by atoms with van der Waals surface area (Å²) in [6, 6.07) is 11.4. The first-order valence-corrected chi connectivity index (χ1v) is 8.26. The minimum atomic E-state index is -0.658. The van der Waals surface area contributed by atoms with Crippen molar-refractivity contribution in [2.24, 2.45) is 0 Å². The van der Waals surface area contributed by atoms with Gasteiger partial charge < -0.3 is 15.1 Å². The van der Waals surface area contributed by atoms with E-state index in [4.69, 9.17) is 11.6 Å². The van der Waals surface area contributed by atoms with Crippen LogP contribution in [0.25, 0.3) is 0 Å². The maximum atomic E-state index is 13.8. The minimum absolute atomic E-state index is 0.0715. The van der Waals surface area contributed by atoms with Crippen LogP contribution in [0.4, 0.5) is 15.8 Å². The average molecular weight is 362 g/mol. The normalized spacial score (nSPS) is 14.3. The van der Waals surface area contributed by atoms with Gasteiger partial charge in [-0.25, -0.2) is 4.39 Å². The lowest BCUT2D eigenvalue weighted by molar-refractivity contribution is -0.118. The van der Waals surface area contributed by atoms with Gasteiger partial charge in [-0.2, -0.15) is 0 Å². The maximum absolute atomic E-state index is 13.8. The number of amides is 2. The zero-order chi connectivity index (χ0) is 17.8. The van der Waals surface area contributed by atoms with Crippen LogP contribution in [0.15, 0.2) is 42.5 Å². The summed E-state index contributed by atoms with van der Waals surface area (Å²) in [5.41, 5.74) is 1.39. The van der Waals surface area contributed by atoms with E-state index in [0.29, 0.717) is 18.8 Å². The first kappa shape index (κ1) is 17.2. The quantitative estimate of drug-likeness (QED) is 0.852. The highest BCUT2D eigenvalue weighted by atomic mass is 35.5. The molecule has 1 aliphatic heterocycles. The molecule has 0 saturated carbocycles. The van der Waals surface area contributed by atoms with Gasteiger partial charge in [0.1, 0.15) is 5.82 Å². The van der Waals surface area contributed by atoms with E-state index in [-0.39, 0.29) is 10.6 Å². The second-order valence-corrected chi connectivity index (χ2v) is 6.13. The molecule has 2 aromatic carbocycles. The summed E-state index contributed by atoms with van der Waals surface area (Å²) < 4.78 is 13.8. The lowest BCUT2D eigenvalue weighted by atomic mass is 10.2. The summed E-state index contributed by atoms with van der Waals surface area (Å²) >= 11 is 5.90. The topological polar surface area (TPSA) is 52.7 Å². The molecule has 0 aliphatic carbocycles. The van der Waals surface area contributed by atoms with E-state index in [2.05, 4.69) is 10.2 Å². The van der Waals surface area contributed by atoms with Gasteiger partial charge in [-0.3, -0.25) is 9.59 Å². The van der Waals surface area contributed by atoms with Gasteiger partial charge in [-0.05, 0) is 36.4 Å². The molecule has 130 valence electrons. The summed E-state index contributed by atoms with van der Waals surface area (Å²) in [5.74, 6) is -1.25. The summed E-state index contributed by atoms with van der Waals surface area (Å²) in [6.45, 7) is 2.89. The number of piperazine rings is 1. The fraction of sp³-hybridized carbons (Fsp3) is 0.222. The Morgan fingerprint density at radius 3 is 2.36 bits per heavy atom. The highest BCUT2D eigenvalue weighted by molar-refractivity contribution is 6.34. The lowest BCUT2D eigenvalue weighted by Gasteiger charge is -2.34. The van der Waals surface area contributed by atoms with Gasteiger partial charge in [0.2, 0.25) is 6.41 Å². The molecule has 0 unspecified atom stereocenters. The van der Waals surface area contributed by atoms with E-state index in [1.807, 2.05) is 12.1 Å². The molecular weight excluding hydrogens is 345 g/mol. The molecule has 3 rings (SSSR count). The smallest absolute Gasteiger partial charge is 0.260 e. The molecule has 1 aliphatic rings. The molecule has 0 spiro atoms. The molecule has 1 heterocycles. The molecule has 0 atom stereocenters. The van der Waals surface area contributed by atoms with E-state index < -0.39 is 11.7 Å². The van der Waals surface area contributed by atoms with E-state index in [1.165, 1.54) is 18.2 Å². The maximum Gasteiger partial charge on any atom is 0.260 e. The number of hydrogen-bond donors (Lipinski definition) is 1. The third-order valence-corrected chi connectivity index (χ3v) is 4.46. The zero-order valence-electron chi connectivity index (χ0n) is 13.4. The van der Waals surface area contributed by atoms with E-state index in [0.717, 1.165) is 25.2 Å². The van der Waals surface area contributed by atoms with Gasteiger partial charge in [0.05, 0.1) is 10.6 Å². The van der Waals surface area contributed by atoms with Crippen molar-refractivity contribution >= 4 is 35.3 Å². The van der Waals surface area contributed by atoms with Gasteiger partial charge >= 0.3 is 0 Å². The molecule has 25 heavy (non-hydrogen) atoms. The van der Waals surface area contributed by atoms with Crippen LogP contribution < -0.4 is 10.2 Å². The summed E-state index contributed by atoms with van der Waals surface area (Å²) in [6.07, 6.45) is 0.865. The first-order valence-electron chi connectivity index (χ1n) is 7.88. The van der Waals surface area contributed by atoms with Crippen molar-refractivity contribution < 1.29 is 14.0 Å². The number of benzene rings is 2. The predicted molar refractivity (Wildman–Crippen MR) is 95.7 cm³/mol. The third-order valence-electron chi connectivity index (χ3n) is 4.14. The largest absolute Gasteiger partial charge is 0.368 e. The number of anilines is 2. The summed E-state index contributed by atoms with van der Waals surface area (Å²) in [4.78, 5) is 26.9.